The van der Waals surface area contributed by atoms with Gasteiger partial charge >= 0.3 is 6.09 Å². The Labute approximate surface area is 208 Å². The first-order valence-corrected chi connectivity index (χ1v) is 12.5. The predicted molar refractivity (Wildman–Crippen MR) is 133 cm³/mol. The number of hydrogen-bond donors (Lipinski definition) is 3. The molecule has 2 amide bonds. The molecule has 1 saturated heterocycles. The Morgan fingerprint density at radius 3 is 2.85 bits per heavy atom. The average Bonchev–Trinajstić information content (AvgIpc) is 2.78. The number of hydrogen-bond acceptors (Lipinski definition) is 7. The minimum Gasteiger partial charge on any atom is -0.495 e. The fourth-order valence-electron chi connectivity index (χ4n) is 3.93. The number of methoxy groups -OCH3 is 1. The molecular weight excluding hydrogens is 480 g/mol. The van der Waals surface area contributed by atoms with Crippen LogP contribution in [-0.2, 0) is 16.0 Å². The normalized spacial score (nSPS) is 29.5. The molecule has 1 fully saturated rings. The van der Waals surface area contributed by atoms with E-state index < -0.39 is 23.4 Å². The van der Waals surface area contributed by atoms with Crippen molar-refractivity contribution in [3.8, 4) is 5.75 Å². The second kappa shape index (κ2) is 11.5. The standard InChI is InChI=1S/C24H31ClN2O6S/c1-15-6-4-5-9-24(31)13-17(33-23(30)26-24)14-34-21(29)8-7-20(28)27(2)18-11-16(10-15)12-19(32-3)22(18)25/h4-6,11-12,17,21,29,31H,7-10,13-14H2,1-3H3,(H,26,30)/b5-4+,15-6+/t17?,21?,24-/m1/s1. The van der Waals surface area contributed by atoms with Gasteiger partial charge in [-0.15, -0.1) is 11.8 Å². The molecule has 2 aliphatic heterocycles. The Balaban J connectivity index is 1.90. The van der Waals surface area contributed by atoms with Gasteiger partial charge in [-0.1, -0.05) is 35.4 Å². The van der Waals surface area contributed by atoms with Crippen LogP contribution >= 0.6 is 23.4 Å². The highest BCUT2D eigenvalue weighted by molar-refractivity contribution is 7.99. The van der Waals surface area contributed by atoms with E-state index in [0.29, 0.717) is 28.6 Å². The Kier molecular flexibility index (Phi) is 8.92. The minimum absolute atomic E-state index is 0.104. The van der Waals surface area contributed by atoms with E-state index in [0.717, 1.165) is 11.1 Å². The Morgan fingerprint density at radius 1 is 1.35 bits per heavy atom. The van der Waals surface area contributed by atoms with Gasteiger partial charge in [0.05, 0.1) is 18.2 Å². The van der Waals surface area contributed by atoms with Crippen LogP contribution in [0.25, 0.3) is 0 Å². The van der Waals surface area contributed by atoms with E-state index in [-0.39, 0.29) is 31.6 Å². The van der Waals surface area contributed by atoms with Crippen LogP contribution in [-0.4, -0.2) is 59.4 Å². The van der Waals surface area contributed by atoms with Crippen LogP contribution in [0, 0.1) is 0 Å². The molecule has 1 aromatic carbocycles. The zero-order chi connectivity index (χ0) is 24.9. The molecule has 0 spiro atoms. The number of ether oxygens (including phenoxy) is 2. The van der Waals surface area contributed by atoms with Gasteiger partial charge in [-0.3, -0.25) is 10.1 Å². The summed E-state index contributed by atoms with van der Waals surface area (Å²) in [6.45, 7) is 1.97. The van der Waals surface area contributed by atoms with E-state index in [1.54, 1.807) is 13.1 Å². The summed E-state index contributed by atoms with van der Waals surface area (Å²) in [4.78, 5) is 26.3. The molecule has 2 unspecified atom stereocenters. The number of benzene rings is 1. The maximum atomic E-state index is 12.9. The molecule has 1 aromatic rings. The van der Waals surface area contributed by atoms with Gasteiger partial charge in [0, 0.05) is 32.1 Å². The third kappa shape index (κ3) is 6.91. The van der Waals surface area contributed by atoms with Gasteiger partial charge in [0.15, 0.2) is 0 Å². The van der Waals surface area contributed by atoms with Crippen LogP contribution in [0.15, 0.2) is 35.9 Å². The first-order chi connectivity index (χ1) is 16.1. The first kappa shape index (κ1) is 26.4. The lowest BCUT2D eigenvalue weighted by Crippen LogP contribution is -2.56. The summed E-state index contributed by atoms with van der Waals surface area (Å²) in [5.74, 6) is 0.578. The number of rotatable bonds is 1. The number of fused-ring (bicyclic) bond motifs is 4. The van der Waals surface area contributed by atoms with E-state index in [4.69, 9.17) is 21.1 Å². The van der Waals surface area contributed by atoms with Crippen LogP contribution in [0.5, 0.6) is 5.75 Å². The van der Waals surface area contributed by atoms with Crippen LogP contribution in [0.3, 0.4) is 0 Å². The number of aliphatic hydroxyl groups is 2. The number of carbonyl (C=O) groups is 2. The van der Waals surface area contributed by atoms with Gasteiger partial charge in [0.2, 0.25) is 5.91 Å². The second-order valence-electron chi connectivity index (χ2n) is 8.62. The molecule has 0 saturated carbocycles. The maximum Gasteiger partial charge on any atom is 0.409 e. The lowest BCUT2D eigenvalue weighted by atomic mass is 10.00. The zero-order valence-electron chi connectivity index (χ0n) is 19.5. The number of nitrogens with zero attached hydrogens (tertiary/aromatic N) is 1. The van der Waals surface area contributed by atoms with E-state index in [2.05, 4.69) is 5.32 Å². The van der Waals surface area contributed by atoms with Crippen molar-refractivity contribution in [3.05, 3.63) is 46.5 Å². The van der Waals surface area contributed by atoms with Crippen molar-refractivity contribution < 1.29 is 29.3 Å². The molecule has 0 radical (unpaired) electrons. The van der Waals surface area contributed by atoms with Gasteiger partial charge < -0.3 is 24.6 Å². The molecular formula is C24H31ClN2O6S. The number of allylic oxidation sites excluding steroid dienone is 3. The predicted octanol–water partition coefficient (Wildman–Crippen LogP) is 3.78. The molecule has 3 N–H and O–H groups in total. The number of halogens is 1. The summed E-state index contributed by atoms with van der Waals surface area (Å²) in [5, 5.41) is 24.1. The topological polar surface area (TPSA) is 108 Å². The summed E-state index contributed by atoms with van der Waals surface area (Å²) in [6, 6.07) is 3.70. The largest absolute Gasteiger partial charge is 0.495 e. The lowest BCUT2D eigenvalue weighted by molar-refractivity contribution is -0.118. The number of carbonyl (C=O) groups excluding carboxylic acids is 2. The fourth-order valence-corrected chi connectivity index (χ4v) is 5.15. The van der Waals surface area contributed by atoms with Gasteiger partial charge in [0.1, 0.15) is 22.6 Å². The van der Waals surface area contributed by atoms with E-state index >= 15 is 0 Å². The molecule has 0 aromatic heterocycles. The summed E-state index contributed by atoms with van der Waals surface area (Å²) in [6.07, 6.45) is 5.63. The number of alkyl carbamates (subject to hydrolysis) is 1. The minimum atomic E-state index is -1.43. The zero-order valence-corrected chi connectivity index (χ0v) is 21.1. The van der Waals surface area contributed by atoms with Gasteiger partial charge in [-0.2, -0.15) is 0 Å². The molecule has 0 aliphatic carbocycles. The van der Waals surface area contributed by atoms with Crippen LogP contribution in [0.4, 0.5) is 10.5 Å². The smallest absolute Gasteiger partial charge is 0.409 e. The molecule has 8 nitrogen and oxygen atoms in total. The molecule has 2 aliphatic rings. The van der Waals surface area contributed by atoms with Crippen molar-refractivity contribution in [2.45, 2.75) is 56.3 Å². The molecule has 2 heterocycles. The van der Waals surface area contributed by atoms with Gasteiger partial charge in [-0.05, 0) is 37.5 Å². The van der Waals surface area contributed by atoms with Crippen molar-refractivity contribution >= 4 is 41.1 Å². The Morgan fingerprint density at radius 2 is 2.12 bits per heavy atom. The van der Waals surface area contributed by atoms with Crippen molar-refractivity contribution in [3.63, 3.8) is 0 Å². The third-order valence-corrected chi connectivity index (χ3v) is 7.31. The van der Waals surface area contributed by atoms with E-state index in [1.807, 2.05) is 31.2 Å². The number of nitrogens with one attached hydrogen (secondary N) is 1. The maximum absolute atomic E-state index is 12.9. The second-order valence-corrected chi connectivity index (χ2v) is 10.2. The monoisotopic (exact) mass is 510 g/mol. The van der Waals surface area contributed by atoms with Crippen LogP contribution in [0.1, 0.15) is 38.2 Å². The SMILES string of the molecule is COc1cc2cc(c1Cl)N(C)C(=O)CCC(O)SCC1C[C@](O)(C/C=C/C=C(\C)C2)NC(=O)O1. The van der Waals surface area contributed by atoms with Crippen molar-refractivity contribution in [2.75, 3.05) is 24.8 Å². The molecule has 34 heavy (non-hydrogen) atoms. The number of aliphatic hydroxyl groups excluding tert-OH is 1. The molecule has 10 heteroatoms. The molecule has 3 rings (SSSR count). The van der Waals surface area contributed by atoms with Gasteiger partial charge in [-0.25, -0.2) is 4.79 Å². The summed E-state index contributed by atoms with van der Waals surface area (Å²) in [7, 11) is 3.18. The van der Waals surface area contributed by atoms with E-state index in [9.17, 15) is 19.8 Å². The highest BCUT2D eigenvalue weighted by Gasteiger charge is 2.38. The van der Waals surface area contributed by atoms with Crippen molar-refractivity contribution in [2.24, 2.45) is 0 Å². The van der Waals surface area contributed by atoms with Crippen LogP contribution < -0.4 is 15.0 Å². The summed E-state index contributed by atoms with van der Waals surface area (Å²) >= 11 is 7.68. The average molecular weight is 511 g/mol. The molecule has 186 valence electrons. The lowest BCUT2D eigenvalue weighted by Gasteiger charge is -2.36. The highest BCUT2D eigenvalue weighted by atomic mass is 35.5. The number of amides is 2. The van der Waals surface area contributed by atoms with Crippen molar-refractivity contribution in [1.29, 1.82) is 0 Å². The number of thioether (sulfide) groups is 1. The summed E-state index contributed by atoms with van der Waals surface area (Å²) < 4.78 is 10.7. The number of anilines is 1. The first-order valence-electron chi connectivity index (χ1n) is 11.1. The quantitative estimate of drug-likeness (QED) is 0.527. The van der Waals surface area contributed by atoms with E-state index in [1.165, 1.54) is 23.8 Å². The van der Waals surface area contributed by atoms with Crippen molar-refractivity contribution in [1.82, 2.24) is 5.32 Å². The third-order valence-electron chi connectivity index (χ3n) is 5.74. The highest BCUT2D eigenvalue weighted by Crippen LogP contribution is 2.37. The molecule has 3 atom stereocenters. The van der Waals surface area contributed by atoms with Gasteiger partial charge in [0.25, 0.3) is 0 Å². The van der Waals surface area contributed by atoms with Crippen LogP contribution in [0.2, 0.25) is 5.02 Å². The summed E-state index contributed by atoms with van der Waals surface area (Å²) in [5.41, 5.74) is 0.246. The Bertz CT molecular complexity index is 984. The fraction of sp³-hybridized carbons (Fsp3) is 0.500. The molecule has 4 bridgehead atoms. The Hall–Kier alpha value is -2.20.